The minimum atomic E-state index is -2.37. The fourth-order valence-corrected chi connectivity index (χ4v) is 12.4. The van der Waals surface area contributed by atoms with E-state index in [1.807, 2.05) is 55.5 Å². The molecule has 510 valence electrons. The molecule has 1 aliphatic carbocycles. The zero-order valence-electron chi connectivity index (χ0n) is 55.3. The monoisotopic (exact) mass is 1340 g/mol. The molecule has 4 aliphatic rings. The average Bonchev–Trinajstić information content (AvgIpc) is 1.63. The maximum absolute atomic E-state index is 15.3. The smallest absolute Gasteiger partial charge is 0.467 e. The van der Waals surface area contributed by atoms with Crippen molar-refractivity contribution in [1.82, 2.24) is 20.2 Å². The molecule has 27 heteroatoms. The van der Waals surface area contributed by atoms with E-state index < -0.39 is 143 Å². The van der Waals surface area contributed by atoms with Crippen LogP contribution in [-0.2, 0) is 101 Å². The van der Waals surface area contributed by atoms with Crippen LogP contribution in [0.5, 0.6) is 11.5 Å². The number of methoxy groups -OCH3 is 1. The van der Waals surface area contributed by atoms with Gasteiger partial charge in [0, 0.05) is 55.0 Å². The van der Waals surface area contributed by atoms with E-state index in [-0.39, 0.29) is 53.7 Å². The maximum atomic E-state index is 15.3. The molecule has 10 rings (SSSR count). The number of carbonyl (C=O) groups is 10. The van der Waals surface area contributed by atoms with Crippen molar-refractivity contribution in [1.29, 1.82) is 0 Å². The first-order valence-electron chi connectivity index (χ1n) is 31.4. The number of hydrogen-bond acceptors (Lipinski definition) is 23. The van der Waals surface area contributed by atoms with E-state index in [1.165, 1.54) is 30.5 Å². The fraction of sp³-hybridized carbons (Fsp3) is 0.400. The highest BCUT2D eigenvalue weighted by Gasteiger charge is 2.57. The first-order valence-corrected chi connectivity index (χ1v) is 31.4. The molecule has 0 spiro atoms. The van der Waals surface area contributed by atoms with E-state index in [0.29, 0.717) is 28.6 Å². The molecular weight excluding hydrogens is 1260 g/mol. The number of cyclic esters (lactones) is 1. The number of aryl methyl sites for hydroxylation is 1. The predicted octanol–water partition coefficient (Wildman–Crippen LogP) is 7.90. The van der Waals surface area contributed by atoms with Gasteiger partial charge in [0.15, 0.2) is 18.3 Å². The highest BCUT2D eigenvalue weighted by molar-refractivity contribution is 6.00. The van der Waals surface area contributed by atoms with Gasteiger partial charge in [-0.25, -0.2) is 29.0 Å². The number of carbonyl (C=O) groups excluding carboxylic acids is 10. The van der Waals surface area contributed by atoms with E-state index in [0.717, 1.165) is 67.8 Å². The van der Waals surface area contributed by atoms with Crippen molar-refractivity contribution < 1.29 is 100 Å². The minimum Gasteiger partial charge on any atom is -0.467 e. The molecule has 2 aromatic heterocycles. The number of esters is 6. The molecule has 8 atom stereocenters. The zero-order valence-corrected chi connectivity index (χ0v) is 55.3. The van der Waals surface area contributed by atoms with Gasteiger partial charge in [0.2, 0.25) is 29.8 Å². The number of anilines is 1. The van der Waals surface area contributed by atoms with Gasteiger partial charge in [-0.2, -0.15) is 0 Å². The van der Waals surface area contributed by atoms with Gasteiger partial charge in [-0.05, 0) is 111 Å². The Morgan fingerprint density at radius 1 is 0.763 bits per heavy atom. The number of pyridine rings is 2. The SMILES string of the molecule is CCc1c2c(nc3ccc(OC(=O)OC(C)(C)C)cc13)-c1cc3c(c(=O)n1C2)COC(=O)[C@@]3(CC)OC(=O)c1ccc(NC(=O)[C@H](C)NC(=O)[C@@H](NC(=O)OCC2c3ccccc3-c3ccccc32)C(C)C)cc1O[C@@H]1O[C@H](C(=O)OC)[C@@H](OC(C)=O)[C@H](OC(C)=O)[C@H]1OC(C)=O. The molecule has 5 heterocycles. The number of alkyl carbamates (subject to hydrolysis) is 1. The summed E-state index contributed by atoms with van der Waals surface area (Å²) in [6.07, 6.45) is -11.4. The third-order valence-electron chi connectivity index (χ3n) is 16.8. The molecule has 0 bridgehead atoms. The molecule has 3 amide bonds. The molecular formula is C70H73N5O22. The first-order chi connectivity index (χ1) is 46.0. The molecule has 0 unspecified atom stereocenters. The predicted molar refractivity (Wildman–Crippen MR) is 341 cm³/mol. The van der Waals surface area contributed by atoms with Gasteiger partial charge in [-0.1, -0.05) is 76.2 Å². The summed E-state index contributed by atoms with van der Waals surface area (Å²) in [4.78, 5) is 156. The van der Waals surface area contributed by atoms with Gasteiger partial charge in [0.1, 0.15) is 48.0 Å². The number of fused-ring (bicyclic) bond motifs is 8. The Hall–Kier alpha value is -10.7. The van der Waals surface area contributed by atoms with Crippen LogP contribution in [0, 0.1) is 5.92 Å². The number of amides is 3. The van der Waals surface area contributed by atoms with Gasteiger partial charge in [0.25, 0.3) is 5.56 Å². The third-order valence-corrected chi connectivity index (χ3v) is 16.8. The van der Waals surface area contributed by atoms with Crippen molar-refractivity contribution in [2.45, 2.75) is 162 Å². The number of ether oxygens (including phenoxy) is 11. The quantitative estimate of drug-likeness (QED) is 0.0393. The molecule has 0 saturated carbocycles. The van der Waals surface area contributed by atoms with Crippen LogP contribution < -0.4 is 31.0 Å². The summed E-state index contributed by atoms with van der Waals surface area (Å²) >= 11 is 0. The van der Waals surface area contributed by atoms with Crippen LogP contribution in [0.15, 0.2) is 95.8 Å². The highest BCUT2D eigenvalue weighted by atomic mass is 16.7. The number of aromatic nitrogens is 2. The van der Waals surface area contributed by atoms with Crippen LogP contribution >= 0.6 is 0 Å². The molecule has 0 radical (unpaired) electrons. The van der Waals surface area contributed by atoms with Crippen molar-refractivity contribution in [2.75, 3.05) is 19.0 Å². The Morgan fingerprint density at radius 2 is 1.41 bits per heavy atom. The topological polar surface area (TPSA) is 343 Å². The number of nitrogens with one attached hydrogen (secondary N) is 3. The van der Waals surface area contributed by atoms with E-state index in [9.17, 15) is 47.9 Å². The lowest BCUT2D eigenvalue weighted by Crippen LogP contribution is -2.64. The largest absolute Gasteiger partial charge is 0.514 e. The van der Waals surface area contributed by atoms with Crippen LogP contribution in [0.25, 0.3) is 33.4 Å². The molecule has 4 aromatic carbocycles. The van der Waals surface area contributed by atoms with E-state index in [2.05, 4.69) is 16.0 Å². The second-order valence-electron chi connectivity index (χ2n) is 24.9. The van der Waals surface area contributed by atoms with Gasteiger partial charge in [-0.3, -0.25) is 28.8 Å². The standard InChI is InChI=1S/C70H73N5O22/c1-13-40-46-28-39(93-68(86)97-69(9,10)11)24-26-51(46)73-55-47(40)30-75-52(55)29-50-49(62(75)81)32-88-66(84)70(50,14-2)96-63(82)45-25-23-38(27-53(45)94-65-59(92-37(8)78)57(91-36(7)77)56(90-35(6)76)58(95-65)64(83)87-12)72-60(79)34(5)71-61(80)54(33(3)4)74-67(85)89-31-48-43-21-17-15-19-41(43)42-20-16-18-22-44(42)48/h15-29,33-34,48,54,56-59,65H,13-14,30-32H2,1-12H3,(H,71,80)(H,72,79)(H,74,85)/t34-,54-,56-,57-,58-,59+,65+,70-/m0/s1. The average molecular weight is 1340 g/mol. The molecule has 27 nitrogen and oxygen atoms in total. The van der Waals surface area contributed by atoms with E-state index >= 15 is 4.79 Å². The molecule has 3 N–H and O–H groups in total. The first kappa shape index (κ1) is 69.1. The summed E-state index contributed by atoms with van der Waals surface area (Å²) in [6.45, 7) is 15.7. The molecule has 6 aromatic rings. The number of benzene rings is 4. The molecule has 3 aliphatic heterocycles. The summed E-state index contributed by atoms with van der Waals surface area (Å²) in [6, 6.07) is 22.8. The Morgan fingerprint density at radius 3 is 2.03 bits per heavy atom. The summed E-state index contributed by atoms with van der Waals surface area (Å²) < 4.78 is 64.1. The normalized spacial score (nSPS) is 19.6. The van der Waals surface area contributed by atoms with Crippen LogP contribution in [-0.4, -0.2) is 132 Å². The van der Waals surface area contributed by atoms with Gasteiger partial charge < -0.3 is 72.6 Å². The van der Waals surface area contributed by atoms with Gasteiger partial charge >= 0.3 is 48.1 Å². The summed E-state index contributed by atoms with van der Waals surface area (Å²) in [5.41, 5.74) is 2.02. The summed E-state index contributed by atoms with van der Waals surface area (Å²) in [5, 5.41) is 8.52. The van der Waals surface area contributed by atoms with Gasteiger partial charge in [-0.15, -0.1) is 0 Å². The minimum absolute atomic E-state index is 0.0301. The zero-order chi connectivity index (χ0) is 70.1. The lowest BCUT2D eigenvalue weighted by Gasteiger charge is -2.43. The summed E-state index contributed by atoms with van der Waals surface area (Å²) in [7, 11) is 0.974. The Labute approximate surface area is 556 Å². The maximum Gasteiger partial charge on any atom is 0.514 e. The van der Waals surface area contributed by atoms with Crippen molar-refractivity contribution in [3.05, 3.63) is 140 Å². The van der Waals surface area contributed by atoms with Crippen LogP contribution in [0.1, 0.15) is 132 Å². The van der Waals surface area contributed by atoms with Crippen molar-refractivity contribution in [2.24, 2.45) is 5.92 Å². The second kappa shape index (κ2) is 27.9. The highest BCUT2D eigenvalue weighted by Crippen LogP contribution is 2.46. The number of nitrogens with zero attached hydrogens (tertiary/aromatic N) is 2. The van der Waals surface area contributed by atoms with Crippen molar-refractivity contribution >= 4 is 76.5 Å². The Bertz CT molecular complexity index is 4220. The third kappa shape index (κ3) is 14.2. The molecule has 1 fully saturated rings. The lowest BCUT2D eigenvalue weighted by molar-refractivity contribution is -0.282. The van der Waals surface area contributed by atoms with Crippen LogP contribution in [0.4, 0.5) is 15.3 Å². The molecule has 1 saturated heterocycles. The van der Waals surface area contributed by atoms with E-state index in [4.69, 9.17) is 57.1 Å². The Kier molecular flexibility index (Phi) is 19.9. The van der Waals surface area contributed by atoms with Crippen LogP contribution in [0.3, 0.4) is 0 Å². The van der Waals surface area contributed by atoms with Crippen LogP contribution in [0.2, 0.25) is 0 Å². The Balaban J connectivity index is 0.966. The fourth-order valence-electron chi connectivity index (χ4n) is 12.4. The number of hydrogen-bond donors (Lipinski definition) is 3. The van der Waals surface area contributed by atoms with E-state index in [1.54, 1.807) is 52.8 Å². The second-order valence-corrected chi connectivity index (χ2v) is 24.9. The lowest BCUT2D eigenvalue weighted by atomic mass is 9.85. The molecule has 97 heavy (non-hydrogen) atoms. The number of rotatable bonds is 19. The van der Waals surface area contributed by atoms with Crippen molar-refractivity contribution in [3.63, 3.8) is 0 Å². The van der Waals surface area contributed by atoms with Gasteiger partial charge in [0.05, 0.1) is 36.1 Å². The summed E-state index contributed by atoms with van der Waals surface area (Å²) in [5.74, 6) is -9.42. The van der Waals surface area contributed by atoms with Crippen molar-refractivity contribution in [3.8, 4) is 34.0 Å².